The Bertz CT molecular complexity index is 557. The minimum absolute atomic E-state index is 1.22. The third-order valence-electron chi connectivity index (χ3n) is 4.75. The lowest BCUT2D eigenvalue weighted by atomic mass is 10.1. The fourth-order valence-electron chi connectivity index (χ4n) is 3.74. The average Bonchev–Trinajstić information content (AvgIpc) is 3.19. The summed E-state index contributed by atoms with van der Waals surface area (Å²) in [7, 11) is 0. The van der Waals surface area contributed by atoms with Crippen molar-refractivity contribution in [2.75, 3.05) is 36.0 Å². The summed E-state index contributed by atoms with van der Waals surface area (Å²) >= 11 is 0. The van der Waals surface area contributed by atoms with E-state index in [1.54, 1.807) is 0 Å². The summed E-state index contributed by atoms with van der Waals surface area (Å²) in [5.74, 6) is 0. The van der Waals surface area contributed by atoms with Crippen LogP contribution >= 0.6 is 0 Å². The molecule has 0 unspecified atom stereocenters. The molecule has 2 heterocycles. The number of hydrogen-bond acceptors (Lipinski definition) is 2. The molecule has 0 saturated carbocycles. The first-order chi connectivity index (χ1) is 9.93. The van der Waals surface area contributed by atoms with E-state index in [2.05, 4.69) is 46.2 Å². The summed E-state index contributed by atoms with van der Waals surface area (Å²) in [4.78, 5) is 5.14. The minimum atomic E-state index is 1.22. The number of benzene rings is 2. The van der Waals surface area contributed by atoms with E-state index < -0.39 is 0 Å². The van der Waals surface area contributed by atoms with Crippen molar-refractivity contribution in [1.82, 2.24) is 0 Å². The summed E-state index contributed by atoms with van der Waals surface area (Å²) in [6.45, 7) is 4.86. The Labute approximate surface area is 121 Å². The third kappa shape index (κ3) is 1.94. The van der Waals surface area contributed by atoms with Crippen molar-refractivity contribution in [2.24, 2.45) is 0 Å². The van der Waals surface area contributed by atoms with Gasteiger partial charge in [0.15, 0.2) is 0 Å². The van der Waals surface area contributed by atoms with Crippen LogP contribution in [0.1, 0.15) is 25.7 Å². The minimum Gasteiger partial charge on any atom is -0.371 e. The van der Waals surface area contributed by atoms with Crippen molar-refractivity contribution in [3.05, 3.63) is 36.4 Å². The van der Waals surface area contributed by atoms with Crippen LogP contribution in [0.3, 0.4) is 0 Å². The summed E-state index contributed by atoms with van der Waals surface area (Å²) < 4.78 is 0. The molecule has 0 aliphatic carbocycles. The highest BCUT2D eigenvalue weighted by atomic mass is 15.2. The molecule has 4 rings (SSSR count). The standard InChI is InChI=1S/C18H22N2/c1-2-12-19(11-1)16-9-5-7-15-8-6-10-17(18(15)16)20-13-3-4-14-20/h5-10H,1-4,11-14H2. The second-order valence-corrected chi connectivity index (χ2v) is 6.04. The van der Waals surface area contributed by atoms with Crippen molar-refractivity contribution < 1.29 is 0 Å². The first kappa shape index (κ1) is 12.1. The van der Waals surface area contributed by atoms with Gasteiger partial charge in [0.2, 0.25) is 0 Å². The molecule has 2 heteroatoms. The van der Waals surface area contributed by atoms with Gasteiger partial charge in [-0.1, -0.05) is 24.3 Å². The van der Waals surface area contributed by atoms with Crippen LogP contribution in [-0.4, -0.2) is 26.2 Å². The second-order valence-electron chi connectivity index (χ2n) is 6.04. The van der Waals surface area contributed by atoms with E-state index in [1.165, 1.54) is 74.0 Å². The number of anilines is 2. The van der Waals surface area contributed by atoms with Crippen LogP contribution < -0.4 is 9.80 Å². The Hall–Kier alpha value is -1.70. The molecule has 20 heavy (non-hydrogen) atoms. The predicted octanol–water partition coefficient (Wildman–Crippen LogP) is 4.04. The molecule has 104 valence electrons. The van der Waals surface area contributed by atoms with Crippen LogP contribution in [0.25, 0.3) is 10.8 Å². The molecule has 0 bridgehead atoms. The number of rotatable bonds is 2. The third-order valence-corrected chi connectivity index (χ3v) is 4.75. The van der Waals surface area contributed by atoms with E-state index in [4.69, 9.17) is 0 Å². The van der Waals surface area contributed by atoms with Gasteiger partial charge >= 0.3 is 0 Å². The summed E-state index contributed by atoms with van der Waals surface area (Å²) in [5.41, 5.74) is 2.89. The Morgan fingerprint density at radius 3 is 1.50 bits per heavy atom. The smallest absolute Gasteiger partial charge is 0.0466 e. The van der Waals surface area contributed by atoms with Gasteiger partial charge in [0, 0.05) is 42.9 Å². The van der Waals surface area contributed by atoms with E-state index in [9.17, 15) is 0 Å². The largest absolute Gasteiger partial charge is 0.371 e. The highest BCUT2D eigenvalue weighted by Gasteiger charge is 2.20. The Balaban J connectivity index is 1.89. The maximum absolute atomic E-state index is 2.57. The van der Waals surface area contributed by atoms with Crippen molar-refractivity contribution in [3.63, 3.8) is 0 Å². The maximum Gasteiger partial charge on any atom is 0.0466 e. The molecule has 0 aromatic heterocycles. The highest BCUT2D eigenvalue weighted by molar-refractivity contribution is 6.04. The van der Waals surface area contributed by atoms with Crippen LogP contribution in [0.2, 0.25) is 0 Å². The van der Waals surface area contributed by atoms with E-state index in [0.717, 1.165) is 0 Å². The molecule has 2 saturated heterocycles. The maximum atomic E-state index is 2.57. The van der Waals surface area contributed by atoms with Crippen LogP contribution in [-0.2, 0) is 0 Å². The van der Waals surface area contributed by atoms with Gasteiger partial charge in [-0.05, 0) is 43.2 Å². The molecule has 2 fully saturated rings. The molecule has 0 amide bonds. The number of nitrogens with zero attached hydrogens (tertiary/aromatic N) is 2. The van der Waals surface area contributed by atoms with Crippen LogP contribution in [0.5, 0.6) is 0 Å². The van der Waals surface area contributed by atoms with Crippen LogP contribution in [0, 0.1) is 0 Å². The summed E-state index contributed by atoms with van der Waals surface area (Å²) in [6, 6.07) is 13.6. The van der Waals surface area contributed by atoms with Crippen LogP contribution in [0.15, 0.2) is 36.4 Å². The van der Waals surface area contributed by atoms with E-state index in [-0.39, 0.29) is 0 Å². The lowest BCUT2D eigenvalue weighted by molar-refractivity contribution is 0.949. The fraction of sp³-hybridized carbons (Fsp3) is 0.444. The quantitative estimate of drug-likeness (QED) is 0.809. The van der Waals surface area contributed by atoms with E-state index in [0.29, 0.717) is 0 Å². The average molecular weight is 266 g/mol. The zero-order valence-corrected chi connectivity index (χ0v) is 12.0. The van der Waals surface area contributed by atoms with Crippen molar-refractivity contribution in [2.45, 2.75) is 25.7 Å². The molecule has 2 nitrogen and oxygen atoms in total. The Morgan fingerprint density at radius 2 is 1.05 bits per heavy atom. The van der Waals surface area contributed by atoms with Crippen molar-refractivity contribution >= 4 is 22.1 Å². The lowest BCUT2D eigenvalue weighted by Crippen LogP contribution is -2.21. The van der Waals surface area contributed by atoms with Gasteiger partial charge in [0.25, 0.3) is 0 Å². The molecule has 2 aromatic rings. The summed E-state index contributed by atoms with van der Waals surface area (Å²) in [5, 5.41) is 2.86. The Kier molecular flexibility index (Phi) is 3.02. The van der Waals surface area contributed by atoms with E-state index >= 15 is 0 Å². The molecule has 2 aromatic carbocycles. The molecular weight excluding hydrogens is 244 g/mol. The zero-order chi connectivity index (χ0) is 13.4. The van der Waals surface area contributed by atoms with Gasteiger partial charge < -0.3 is 9.80 Å². The first-order valence-electron chi connectivity index (χ1n) is 7.95. The second kappa shape index (κ2) is 5.01. The molecule has 0 atom stereocenters. The fourth-order valence-corrected chi connectivity index (χ4v) is 3.74. The van der Waals surface area contributed by atoms with E-state index in [1.807, 2.05) is 0 Å². The molecule has 0 radical (unpaired) electrons. The first-order valence-corrected chi connectivity index (χ1v) is 7.95. The van der Waals surface area contributed by atoms with Crippen molar-refractivity contribution in [3.8, 4) is 0 Å². The lowest BCUT2D eigenvalue weighted by Gasteiger charge is -2.25. The molecule has 0 spiro atoms. The SMILES string of the molecule is c1cc(N2CCCC2)c2c(N3CCCC3)cccc2c1. The zero-order valence-electron chi connectivity index (χ0n) is 12.0. The van der Waals surface area contributed by atoms with Gasteiger partial charge in [-0.2, -0.15) is 0 Å². The molecular formula is C18H22N2. The van der Waals surface area contributed by atoms with Crippen molar-refractivity contribution in [1.29, 1.82) is 0 Å². The normalized spacial score (nSPS) is 19.2. The van der Waals surface area contributed by atoms with Crippen LogP contribution in [0.4, 0.5) is 11.4 Å². The highest BCUT2D eigenvalue weighted by Crippen LogP contribution is 2.37. The van der Waals surface area contributed by atoms with Gasteiger partial charge in [0.05, 0.1) is 0 Å². The van der Waals surface area contributed by atoms with Gasteiger partial charge in [-0.25, -0.2) is 0 Å². The Morgan fingerprint density at radius 1 is 0.600 bits per heavy atom. The molecule has 2 aliphatic heterocycles. The molecule has 0 N–H and O–H groups in total. The monoisotopic (exact) mass is 266 g/mol. The number of hydrogen-bond donors (Lipinski definition) is 0. The van der Waals surface area contributed by atoms with Gasteiger partial charge in [0.1, 0.15) is 0 Å². The molecule has 2 aliphatic rings. The summed E-state index contributed by atoms with van der Waals surface area (Å²) in [6.07, 6.45) is 5.34. The predicted molar refractivity (Wildman–Crippen MR) is 86.8 cm³/mol. The van der Waals surface area contributed by atoms with Gasteiger partial charge in [-0.15, -0.1) is 0 Å². The van der Waals surface area contributed by atoms with Gasteiger partial charge in [-0.3, -0.25) is 0 Å². The topological polar surface area (TPSA) is 6.48 Å². The number of fused-ring (bicyclic) bond motifs is 1.